The molecule has 2 heterocycles. The summed E-state index contributed by atoms with van der Waals surface area (Å²) in [7, 11) is 0. The number of rotatable bonds is 4. The zero-order chi connectivity index (χ0) is 23.2. The number of hydrogen-bond donors (Lipinski definition) is 1. The van der Waals surface area contributed by atoms with Crippen LogP contribution in [-0.2, 0) is 11.3 Å². The summed E-state index contributed by atoms with van der Waals surface area (Å²) < 4.78 is 2.44. The summed E-state index contributed by atoms with van der Waals surface area (Å²) in [6, 6.07) is 12.3. The molecule has 6 nitrogen and oxygen atoms in total. The number of benzene rings is 2. The fourth-order valence-electron chi connectivity index (χ4n) is 3.83. The van der Waals surface area contributed by atoms with Gasteiger partial charge in [-0.15, -0.1) is 11.3 Å². The minimum Gasteiger partial charge on any atom is -0.325 e. The standard InChI is InChI=1S/C24H22ClN3O3S/c1-13-8-14(2)10-18(9-13)26-20(29)12-27-23-21(15(3)16(4)32-23)22(30)28(24(27)31)19-7-5-6-17(25)11-19/h5-11H,12H2,1-4H3,(H,26,29). The Morgan fingerprint density at radius 3 is 2.38 bits per heavy atom. The molecule has 0 atom stereocenters. The van der Waals surface area contributed by atoms with Gasteiger partial charge in [0.05, 0.1) is 11.1 Å². The molecule has 4 rings (SSSR count). The maximum Gasteiger partial charge on any atom is 0.337 e. The molecule has 164 valence electrons. The van der Waals surface area contributed by atoms with Gasteiger partial charge in [-0.3, -0.25) is 14.2 Å². The molecule has 2 aromatic heterocycles. The van der Waals surface area contributed by atoms with Gasteiger partial charge < -0.3 is 5.32 Å². The second kappa shape index (κ2) is 8.41. The van der Waals surface area contributed by atoms with Crippen molar-refractivity contribution in [1.29, 1.82) is 0 Å². The Bertz CT molecular complexity index is 1480. The number of aryl methyl sites for hydroxylation is 4. The van der Waals surface area contributed by atoms with E-state index >= 15 is 0 Å². The summed E-state index contributed by atoms with van der Waals surface area (Å²) in [5.41, 5.74) is 2.88. The van der Waals surface area contributed by atoms with Crippen LogP contribution in [0, 0.1) is 27.7 Å². The van der Waals surface area contributed by atoms with Gasteiger partial charge in [-0.2, -0.15) is 0 Å². The Balaban J connectivity index is 1.87. The van der Waals surface area contributed by atoms with Crippen molar-refractivity contribution in [3.63, 3.8) is 0 Å². The summed E-state index contributed by atoms with van der Waals surface area (Å²) in [4.78, 5) is 41.1. The number of nitrogens with one attached hydrogen (secondary N) is 1. The molecule has 32 heavy (non-hydrogen) atoms. The first-order valence-corrected chi connectivity index (χ1v) is 11.2. The van der Waals surface area contributed by atoms with E-state index < -0.39 is 11.2 Å². The van der Waals surface area contributed by atoms with E-state index in [1.54, 1.807) is 24.3 Å². The molecule has 8 heteroatoms. The number of thiophene rings is 1. The first-order valence-electron chi connectivity index (χ1n) is 10.1. The fourth-order valence-corrected chi connectivity index (χ4v) is 5.16. The number of fused-ring (bicyclic) bond motifs is 1. The molecular weight excluding hydrogens is 446 g/mol. The van der Waals surface area contributed by atoms with E-state index in [0.29, 0.717) is 26.6 Å². The van der Waals surface area contributed by atoms with Gasteiger partial charge in [-0.05, 0) is 74.7 Å². The van der Waals surface area contributed by atoms with E-state index in [1.165, 1.54) is 15.9 Å². The summed E-state index contributed by atoms with van der Waals surface area (Å²) in [5.74, 6) is -0.349. The average Bonchev–Trinajstić information content (AvgIpc) is 2.99. The van der Waals surface area contributed by atoms with E-state index in [-0.39, 0.29) is 12.5 Å². The van der Waals surface area contributed by atoms with E-state index in [1.807, 2.05) is 45.9 Å². The van der Waals surface area contributed by atoms with Crippen LogP contribution in [0.1, 0.15) is 21.6 Å². The summed E-state index contributed by atoms with van der Waals surface area (Å²) >= 11 is 7.44. The molecule has 0 spiro atoms. The van der Waals surface area contributed by atoms with Crippen LogP contribution >= 0.6 is 22.9 Å². The molecular formula is C24H22ClN3O3S. The van der Waals surface area contributed by atoms with Crippen molar-refractivity contribution in [3.05, 3.63) is 89.9 Å². The molecule has 0 radical (unpaired) electrons. The van der Waals surface area contributed by atoms with Crippen LogP contribution in [0.4, 0.5) is 5.69 Å². The lowest BCUT2D eigenvalue weighted by atomic mass is 10.1. The maximum absolute atomic E-state index is 13.4. The van der Waals surface area contributed by atoms with Crippen LogP contribution in [0.15, 0.2) is 52.1 Å². The summed E-state index contributed by atoms with van der Waals surface area (Å²) in [6.07, 6.45) is 0. The molecule has 0 unspecified atom stereocenters. The van der Waals surface area contributed by atoms with Gasteiger partial charge >= 0.3 is 5.69 Å². The lowest BCUT2D eigenvalue weighted by Crippen LogP contribution is -2.40. The molecule has 4 aromatic rings. The maximum atomic E-state index is 13.4. The van der Waals surface area contributed by atoms with Crippen LogP contribution in [0.3, 0.4) is 0 Å². The van der Waals surface area contributed by atoms with Crippen molar-refractivity contribution in [2.24, 2.45) is 0 Å². The Morgan fingerprint density at radius 2 is 1.72 bits per heavy atom. The monoisotopic (exact) mass is 467 g/mol. The average molecular weight is 468 g/mol. The molecule has 0 saturated heterocycles. The number of amides is 1. The van der Waals surface area contributed by atoms with Crippen molar-refractivity contribution >= 4 is 44.7 Å². The predicted molar refractivity (Wildman–Crippen MR) is 131 cm³/mol. The highest BCUT2D eigenvalue weighted by Gasteiger charge is 2.21. The molecule has 0 aliphatic carbocycles. The third-order valence-corrected chi connectivity index (χ3v) is 6.79. The van der Waals surface area contributed by atoms with E-state index in [2.05, 4.69) is 5.32 Å². The van der Waals surface area contributed by atoms with Crippen LogP contribution in [0.2, 0.25) is 5.02 Å². The van der Waals surface area contributed by atoms with E-state index in [4.69, 9.17) is 11.6 Å². The third-order valence-electron chi connectivity index (χ3n) is 5.32. The second-order valence-electron chi connectivity index (χ2n) is 7.88. The van der Waals surface area contributed by atoms with Crippen molar-refractivity contribution in [2.75, 3.05) is 5.32 Å². The molecule has 0 fully saturated rings. The first-order chi connectivity index (χ1) is 15.2. The normalized spacial score (nSPS) is 11.2. The summed E-state index contributed by atoms with van der Waals surface area (Å²) in [6.45, 7) is 7.43. The third kappa shape index (κ3) is 4.01. The largest absolute Gasteiger partial charge is 0.337 e. The zero-order valence-corrected chi connectivity index (χ0v) is 19.7. The Labute approximate surface area is 193 Å². The van der Waals surface area contributed by atoms with Crippen molar-refractivity contribution in [3.8, 4) is 5.69 Å². The van der Waals surface area contributed by atoms with E-state index in [9.17, 15) is 14.4 Å². The van der Waals surface area contributed by atoms with Gasteiger partial charge in [0.2, 0.25) is 5.91 Å². The number of halogens is 1. The molecule has 0 aliphatic rings. The van der Waals surface area contributed by atoms with Crippen LogP contribution in [0.25, 0.3) is 15.9 Å². The number of carbonyl (C=O) groups is 1. The second-order valence-corrected chi connectivity index (χ2v) is 9.52. The van der Waals surface area contributed by atoms with Crippen LogP contribution < -0.4 is 16.6 Å². The quantitative estimate of drug-likeness (QED) is 0.471. The Hall–Kier alpha value is -3.16. The molecule has 2 aromatic carbocycles. The van der Waals surface area contributed by atoms with Gasteiger partial charge in [0.25, 0.3) is 5.56 Å². The fraction of sp³-hybridized carbons (Fsp3) is 0.208. The minimum atomic E-state index is -0.582. The van der Waals surface area contributed by atoms with Crippen LogP contribution in [0.5, 0.6) is 0 Å². The first kappa shape index (κ1) is 22.0. The minimum absolute atomic E-state index is 0.220. The van der Waals surface area contributed by atoms with Gasteiger partial charge in [0, 0.05) is 15.6 Å². The van der Waals surface area contributed by atoms with Gasteiger partial charge in [0.15, 0.2) is 0 Å². The van der Waals surface area contributed by atoms with Crippen LogP contribution in [-0.4, -0.2) is 15.0 Å². The highest BCUT2D eigenvalue weighted by Crippen LogP contribution is 2.27. The SMILES string of the molecule is Cc1cc(C)cc(NC(=O)Cn2c(=O)n(-c3cccc(Cl)c3)c(=O)c3c(C)c(C)sc32)c1. The van der Waals surface area contributed by atoms with Gasteiger partial charge in [-0.25, -0.2) is 9.36 Å². The molecule has 0 saturated carbocycles. The predicted octanol–water partition coefficient (Wildman–Crippen LogP) is 4.74. The topological polar surface area (TPSA) is 73.1 Å². The number of anilines is 1. The highest BCUT2D eigenvalue weighted by molar-refractivity contribution is 7.18. The van der Waals surface area contributed by atoms with Gasteiger partial charge in [0.1, 0.15) is 11.4 Å². The highest BCUT2D eigenvalue weighted by atomic mass is 35.5. The van der Waals surface area contributed by atoms with Crippen molar-refractivity contribution in [1.82, 2.24) is 9.13 Å². The smallest absolute Gasteiger partial charge is 0.325 e. The molecule has 1 N–H and O–H groups in total. The number of aromatic nitrogens is 2. The lowest BCUT2D eigenvalue weighted by Gasteiger charge is -2.13. The van der Waals surface area contributed by atoms with Crippen molar-refractivity contribution in [2.45, 2.75) is 34.2 Å². The molecule has 1 amide bonds. The molecule has 0 aliphatic heterocycles. The zero-order valence-electron chi connectivity index (χ0n) is 18.2. The molecule has 0 bridgehead atoms. The number of nitrogens with zero attached hydrogens (tertiary/aromatic N) is 2. The Morgan fingerprint density at radius 1 is 1.03 bits per heavy atom. The van der Waals surface area contributed by atoms with Gasteiger partial charge in [-0.1, -0.05) is 23.7 Å². The Kier molecular flexibility index (Phi) is 5.79. The lowest BCUT2D eigenvalue weighted by molar-refractivity contribution is -0.116. The van der Waals surface area contributed by atoms with Crippen molar-refractivity contribution < 1.29 is 4.79 Å². The number of carbonyl (C=O) groups excluding carboxylic acids is 1. The summed E-state index contributed by atoms with van der Waals surface area (Å²) in [5, 5.41) is 3.71. The number of hydrogen-bond acceptors (Lipinski definition) is 4. The van der Waals surface area contributed by atoms with E-state index in [0.717, 1.165) is 26.1 Å².